The molecule has 0 aromatic carbocycles. The van der Waals surface area contributed by atoms with Crippen molar-refractivity contribution in [3.8, 4) is 0 Å². The van der Waals surface area contributed by atoms with Gasteiger partial charge in [0.2, 0.25) is 11.9 Å². The Morgan fingerprint density at radius 2 is 2.16 bits per heavy atom. The van der Waals surface area contributed by atoms with Gasteiger partial charge in [-0.25, -0.2) is 10.2 Å². The summed E-state index contributed by atoms with van der Waals surface area (Å²) in [5, 5.41) is 5.54. The van der Waals surface area contributed by atoms with E-state index in [1.54, 1.807) is 6.92 Å². The van der Waals surface area contributed by atoms with Crippen LogP contribution in [0.5, 0.6) is 0 Å². The van der Waals surface area contributed by atoms with Crippen LogP contribution in [-0.2, 0) is 4.79 Å². The summed E-state index contributed by atoms with van der Waals surface area (Å²) in [6.07, 6.45) is 2.47. The minimum Gasteiger partial charge on any atom is -0.388 e. The Hall–Kier alpha value is -2.16. The minimum absolute atomic E-state index is 0.0283. The maximum atomic E-state index is 13.1. The second-order valence-corrected chi connectivity index (χ2v) is 3.67. The second kappa shape index (κ2) is 9.83. The van der Waals surface area contributed by atoms with Crippen LogP contribution in [-0.4, -0.2) is 24.2 Å². The number of hydrazine groups is 1. The van der Waals surface area contributed by atoms with E-state index in [2.05, 4.69) is 20.8 Å². The number of nitrogens with zero attached hydrogens (tertiary/aromatic N) is 2. The number of nitrogens with two attached hydrogens (primary N) is 3. The van der Waals surface area contributed by atoms with Crippen molar-refractivity contribution in [1.29, 1.82) is 0 Å². The summed E-state index contributed by atoms with van der Waals surface area (Å²) in [6, 6.07) is 0. The number of hydrazone groups is 1. The van der Waals surface area contributed by atoms with Gasteiger partial charge in [0.1, 0.15) is 5.83 Å². The Kier molecular flexibility index (Phi) is 8.71. The number of rotatable bonds is 6. The fourth-order valence-electron chi connectivity index (χ4n) is 1.09. The number of carbonyl (C=O) groups excluding carboxylic acids is 1. The van der Waals surface area contributed by atoms with Gasteiger partial charge in [0, 0.05) is 6.42 Å². The van der Waals surface area contributed by atoms with Gasteiger partial charge in [-0.05, 0) is 19.8 Å². The van der Waals surface area contributed by atoms with Crippen LogP contribution < -0.4 is 28.2 Å². The van der Waals surface area contributed by atoms with Gasteiger partial charge < -0.3 is 11.6 Å². The lowest BCUT2D eigenvalue weighted by Gasteiger charge is -2.05. The molecule has 19 heavy (non-hydrogen) atoms. The minimum atomic E-state index is -0.377. The molecule has 0 fully saturated rings. The zero-order valence-electron chi connectivity index (χ0n) is 10.8. The monoisotopic (exact) mass is 273 g/mol. The van der Waals surface area contributed by atoms with Gasteiger partial charge in [0.05, 0.1) is 12.4 Å². The number of carbonyl (C=O) groups is 1. The molecule has 0 atom stereocenters. The standard InChI is InChI=1S/C10H20FN7O/c1-7(12)15-6-8(11)4-2-3-5-9(19)16-10(17-13)18-14/h4H,2-3,5-6,13-14H2,1H3,(H2,12,15)(H2,16,17,18,19)/b8-4+. The zero-order chi connectivity index (χ0) is 14.7. The third kappa shape index (κ3) is 9.53. The van der Waals surface area contributed by atoms with Gasteiger partial charge >= 0.3 is 0 Å². The SMILES string of the molecule is CC(N)=NC/C(F)=C\CCCC(=O)N/C(=N/N)NN. The predicted molar refractivity (Wildman–Crippen MR) is 72.3 cm³/mol. The molecular weight excluding hydrogens is 253 g/mol. The Morgan fingerprint density at radius 3 is 2.68 bits per heavy atom. The average Bonchev–Trinajstić information content (AvgIpc) is 2.38. The molecule has 0 aliphatic rings. The van der Waals surface area contributed by atoms with Crippen LogP contribution in [0.3, 0.4) is 0 Å². The molecule has 1 amide bonds. The molecule has 8 nitrogen and oxygen atoms in total. The van der Waals surface area contributed by atoms with E-state index in [0.29, 0.717) is 18.7 Å². The summed E-state index contributed by atoms with van der Waals surface area (Å²) in [7, 11) is 0. The Balaban J connectivity index is 3.88. The second-order valence-electron chi connectivity index (χ2n) is 3.67. The van der Waals surface area contributed by atoms with Crippen LogP contribution in [0.2, 0.25) is 0 Å². The van der Waals surface area contributed by atoms with Crippen molar-refractivity contribution in [2.24, 2.45) is 27.5 Å². The van der Waals surface area contributed by atoms with Crippen LogP contribution in [0, 0.1) is 0 Å². The highest BCUT2D eigenvalue weighted by Gasteiger charge is 2.03. The summed E-state index contributed by atoms with van der Waals surface area (Å²) in [5.74, 6) is 9.57. The maximum absolute atomic E-state index is 13.1. The van der Waals surface area contributed by atoms with E-state index in [9.17, 15) is 9.18 Å². The Morgan fingerprint density at radius 1 is 1.47 bits per heavy atom. The normalized spacial score (nSPS) is 13.3. The van der Waals surface area contributed by atoms with Gasteiger partial charge in [0.25, 0.3) is 0 Å². The number of allylic oxidation sites excluding steroid dienone is 1. The summed E-state index contributed by atoms with van der Waals surface area (Å²) in [5.41, 5.74) is 7.39. The molecule has 0 radical (unpaired) electrons. The number of guanidine groups is 1. The lowest BCUT2D eigenvalue weighted by molar-refractivity contribution is -0.119. The van der Waals surface area contributed by atoms with Gasteiger partial charge in [-0.1, -0.05) is 6.08 Å². The number of amides is 1. The first-order valence-electron chi connectivity index (χ1n) is 5.65. The van der Waals surface area contributed by atoms with Crippen molar-refractivity contribution in [2.45, 2.75) is 26.2 Å². The van der Waals surface area contributed by atoms with Gasteiger partial charge in [-0.15, -0.1) is 5.10 Å². The molecule has 0 bridgehead atoms. The first-order chi connectivity index (χ1) is 8.99. The average molecular weight is 273 g/mol. The van der Waals surface area contributed by atoms with Crippen LogP contribution in [0.25, 0.3) is 0 Å². The quantitative estimate of drug-likeness (QED) is 0.141. The molecular formula is C10H20FN7O. The molecule has 0 aliphatic carbocycles. The molecule has 108 valence electrons. The first kappa shape index (κ1) is 16.8. The number of unbranched alkanes of at least 4 members (excludes halogenated alkanes) is 1. The third-order valence-electron chi connectivity index (χ3n) is 1.98. The number of amidine groups is 1. The van der Waals surface area contributed by atoms with Crippen molar-refractivity contribution >= 4 is 17.7 Å². The molecule has 0 saturated heterocycles. The van der Waals surface area contributed by atoms with Crippen LogP contribution in [0.15, 0.2) is 22.0 Å². The lowest BCUT2D eigenvalue weighted by Crippen LogP contribution is -2.45. The molecule has 0 aromatic heterocycles. The zero-order valence-corrected chi connectivity index (χ0v) is 10.8. The number of aliphatic imine (C=N–C) groups is 1. The summed E-state index contributed by atoms with van der Waals surface area (Å²) < 4.78 is 13.1. The molecule has 0 aliphatic heterocycles. The number of nitrogens with one attached hydrogen (secondary N) is 2. The van der Waals surface area contributed by atoms with Crippen molar-refractivity contribution in [2.75, 3.05) is 6.54 Å². The molecule has 0 heterocycles. The lowest BCUT2D eigenvalue weighted by atomic mass is 10.2. The van der Waals surface area contributed by atoms with Gasteiger partial charge in [0.15, 0.2) is 0 Å². The molecule has 0 rings (SSSR count). The summed E-state index contributed by atoms with van der Waals surface area (Å²) in [6.45, 7) is 1.51. The van der Waals surface area contributed by atoms with E-state index in [0.717, 1.165) is 0 Å². The maximum Gasteiger partial charge on any atom is 0.234 e. The van der Waals surface area contributed by atoms with Gasteiger partial charge in [-0.3, -0.25) is 20.5 Å². The molecule has 0 spiro atoms. The number of halogens is 1. The van der Waals surface area contributed by atoms with E-state index in [-0.39, 0.29) is 30.7 Å². The van der Waals surface area contributed by atoms with Crippen LogP contribution in [0.1, 0.15) is 26.2 Å². The van der Waals surface area contributed by atoms with Crippen molar-refractivity contribution in [1.82, 2.24) is 10.7 Å². The Bertz CT molecular complexity index is 374. The van der Waals surface area contributed by atoms with E-state index in [4.69, 9.17) is 17.4 Å². The third-order valence-corrected chi connectivity index (χ3v) is 1.98. The van der Waals surface area contributed by atoms with E-state index in [1.165, 1.54) is 6.08 Å². The van der Waals surface area contributed by atoms with E-state index < -0.39 is 0 Å². The van der Waals surface area contributed by atoms with Crippen molar-refractivity contribution in [3.05, 3.63) is 11.9 Å². The van der Waals surface area contributed by atoms with Crippen molar-refractivity contribution in [3.63, 3.8) is 0 Å². The first-order valence-corrected chi connectivity index (χ1v) is 5.65. The van der Waals surface area contributed by atoms with E-state index in [1.807, 2.05) is 0 Å². The molecule has 8 N–H and O–H groups in total. The highest BCUT2D eigenvalue weighted by atomic mass is 19.1. The number of hydrogen-bond donors (Lipinski definition) is 5. The van der Waals surface area contributed by atoms with Crippen LogP contribution in [0.4, 0.5) is 4.39 Å². The topological polar surface area (TPSA) is 144 Å². The van der Waals surface area contributed by atoms with E-state index >= 15 is 0 Å². The predicted octanol–water partition coefficient (Wildman–Crippen LogP) is -0.804. The molecule has 0 aromatic rings. The highest BCUT2D eigenvalue weighted by Crippen LogP contribution is 2.03. The molecule has 9 heteroatoms. The summed E-state index contributed by atoms with van der Waals surface area (Å²) in [4.78, 5) is 15.1. The Labute approximate surface area is 111 Å². The number of hydrogen-bond acceptors (Lipinski definition) is 5. The molecule has 0 saturated carbocycles. The largest absolute Gasteiger partial charge is 0.388 e. The fraction of sp³-hybridized carbons (Fsp3) is 0.500. The highest BCUT2D eigenvalue weighted by molar-refractivity contribution is 5.96. The van der Waals surface area contributed by atoms with Crippen LogP contribution >= 0.6 is 0 Å². The van der Waals surface area contributed by atoms with Gasteiger partial charge in [-0.2, -0.15) is 0 Å². The summed E-state index contributed by atoms with van der Waals surface area (Å²) >= 11 is 0. The smallest absolute Gasteiger partial charge is 0.234 e. The molecule has 0 unspecified atom stereocenters. The van der Waals surface area contributed by atoms with Crippen molar-refractivity contribution < 1.29 is 9.18 Å². The fourth-order valence-corrected chi connectivity index (χ4v) is 1.09.